The van der Waals surface area contributed by atoms with Crippen LogP contribution in [-0.4, -0.2) is 23.2 Å². The maximum Gasteiger partial charge on any atom is 0.286 e. The molecular weight excluding hydrogens is 148 g/mol. The number of nitrogens with zero attached hydrogens (tertiary/aromatic N) is 2. The molecule has 0 radical (unpaired) electrons. The third kappa shape index (κ3) is 1.13. The van der Waals surface area contributed by atoms with Gasteiger partial charge in [-0.15, -0.1) is 0 Å². The quantitative estimate of drug-likeness (QED) is 0.519. The predicted molar refractivity (Wildman–Crippen MR) is 50.7 cm³/mol. The van der Waals surface area contributed by atoms with E-state index in [0.717, 1.165) is 0 Å². The molecule has 2 nitrogen and oxygen atoms in total. The molecule has 0 fully saturated rings. The maximum absolute atomic E-state index is 4.10. The van der Waals surface area contributed by atoms with Crippen LogP contribution in [0.2, 0.25) is 0 Å². The molecule has 0 aromatic rings. The highest BCUT2D eigenvalue weighted by atomic mass is 15.1. The van der Waals surface area contributed by atoms with Crippen molar-refractivity contribution in [1.29, 1.82) is 0 Å². The molecule has 2 aliphatic heterocycles. The molecular formula is C10H13N2+. The Morgan fingerprint density at radius 3 is 3.08 bits per heavy atom. The molecule has 0 saturated carbocycles. The summed E-state index contributed by atoms with van der Waals surface area (Å²) in [6.45, 7) is 4.42. The van der Waals surface area contributed by atoms with Crippen LogP contribution in [0.15, 0.2) is 28.9 Å². The first-order valence-corrected chi connectivity index (χ1v) is 4.31. The highest BCUT2D eigenvalue weighted by Gasteiger charge is 2.21. The van der Waals surface area contributed by atoms with Crippen LogP contribution in [0.3, 0.4) is 0 Å². The number of fused-ring (bicyclic) bond motifs is 1. The van der Waals surface area contributed by atoms with Gasteiger partial charge >= 0.3 is 0 Å². The zero-order chi connectivity index (χ0) is 8.55. The van der Waals surface area contributed by atoms with Gasteiger partial charge in [-0.05, 0) is 23.6 Å². The standard InChI is InChI=1S/C10H13N2/c1-8(2)9-3-4-12-7-11-6-10(12)5-9/h3-8,10H,1-2H3/q+1. The Kier molecular flexibility index (Phi) is 1.68. The molecule has 1 atom stereocenters. The first-order valence-electron chi connectivity index (χ1n) is 4.31. The fraction of sp³-hybridized carbons (Fsp3) is 0.400. The lowest BCUT2D eigenvalue weighted by atomic mass is 9.99. The van der Waals surface area contributed by atoms with E-state index in [1.165, 1.54) is 5.57 Å². The van der Waals surface area contributed by atoms with Crippen molar-refractivity contribution in [1.82, 2.24) is 0 Å². The van der Waals surface area contributed by atoms with Gasteiger partial charge in [0, 0.05) is 0 Å². The Hall–Kier alpha value is -1.18. The normalized spacial score (nSPS) is 25.8. The number of hydrogen-bond acceptors (Lipinski definition) is 1. The van der Waals surface area contributed by atoms with Crippen LogP contribution in [0.5, 0.6) is 0 Å². The molecule has 1 unspecified atom stereocenters. The molecule has 0 N–H and O–H groups in total. The van der Waals surface area contributed by atoms with Gasteiger partial charge in [0.15, 0.2) is 12.3 Å². The van der Waals surface area contributed by atoms with Gasteiger partial charge in [-0.1, -0.05) is 18.8 Å². The minimum absolute atomic E-state index is 0.368. The smallest absolute Gasteiger partial charge is 0.224 e. The number of rotatable bonds is 1. The van der Waals surface area contributed by atoms with Crippen LogP contribution in [0.1, 0.15) is 13.8 Å². The molecule has 2 rings (SSSR count). The molecule has 12 heavy (non-hydrogen) atoms. The highest BCUT2D eigenvalue weighted by Crippen LogP contribution is 2.17. The van der Waals surface area contributed by atoms with E-state index in [1.54, 1.807) is 0 Å². The van der Waals surface area contributed by atoms with Gasteiger partial charge in [0.2, 0.25) is 0 Å². The summed E-state index contributed by atoms with van der Waals surface area (Å²) >= 11 is 0. The molecule has 0 aromatic heterocycles. The lowest BCUT2D eigenvalue weighted by Gasteiger charge is -2.13. The molecule has 0 amide bonds. The van der Waals surface area contributed by atoms with E-state index >= 15 is 0 Å². The van der Waals surface area contributed by atoms with Crippen LogP contribution < -0.4 is 0 Å². The van der Waals surface area contributed by atoms with E-state index in [0.29, 0.717) is 12.0 Å². The molecule has 0 saturated heterocycles. The Morgan fingerprint density at radius 1 is 1.50 bits per heavy atom. The first kappa shape index (κ1) is 7.47. The number of allylic oxidation sites excluding steroid dienone is 2. The van der Waals surface area contributed by atoms with Crippen molar-refractivity contribution in [2.24, 2.45) is 10.9 Å². The summed E-state index contributed by atoms with van der Waals surface area (Å²) in [5.41, 5.74) is 1.40. The summed E-state index contributed by atoms with van der Waals surface area (Å²) < 4.78 is 2.10. The fourth-order valence-electron chi connectivity index (χ4n) is 1.43. The van der Waals surface area contributed by atoms with Crippen LogP contribution in [0.25, 0.3) is 0 Å². The van der Waals surface area contributed by atoms with E-state index in [4.69, 9.17) is 0 Å². The van der Waals surface area contributed by atoms with Gasteiger partial charge in [-0.2, -0.15) is 0 Å². The Bertz CT molecular complexity index is 306. The second kappa shape index (κ2) is 2.70. The monoisotopic (exact) mass is 161 g/mol. The Labute approximate surface area is 72.6 Å². The third-order valence-corrected chi connectivity index (χ3v) is 2.25. The number of hydrogen-bond donors (Lipinski definition) is 0. The van der Waals surface area contributed by atoms with Crippen LogP contribution in [0.4, 0.5) is 0 Å². The van der Waals surface area contributed by atoms with Crippen LogP contribution in [0, 0.1) is 5.92 Å². The van der Waals surface area contributed by atoms with Crippen molar-refractivity contribution in [3.05, 3.63) is 23.9 Å². The second-order valence-corrected chi connectivity index (χ2v) is 3.49. The van der Waals surface area contributed by atoms with Crippen molar-refractivity contribution in [2.75, 3.05) is 0 Å². The highest BCUT2D eigenvalue weighted by molar-refractivity contribution is 5.79. The summed E-state index contributed by atoms with van der Waals surface area (Å²) in [4.78, 5) is 4.10. The van der Waals surface area contributed by atoms with Crippen molar-refractivity contribution in [3.8, 4) is 0 Å². The topological polar surface area (TPSA) is 15.4 Å². The molecule has 0 aromatic carbocycles. The summed E-state index contributed by atoms with van der Waals surface area (Å²) in [5.74, 6) is 0.609. The van der Waals surface area contributed by atoms with E-state index in [2.05, 4.69) is 41.8 Å². The average molecular weight is 161 g/mol. The Balaban J connectivity index is 2.28. The van der Waals surface area contributed by atoms with Crippen molar-refractivity contribution in [3.63, 3.8) is 0 Å². The van der Waals surface area contributed by atoms with Crippen LogP contribution >= 0.6 is 0 Å². The van der Waals surface area contributed by atoms with E-state index in [-0.39, 0.29) is 0 Å². The van der Waals surface area contributed by atoms with Crippen molar-refractivity contribution < 1.29 is 4.58 Å². The average Bonchev–Trinajstić information content (AvgIpc) is 2.49. The molecule has 2 heteroatoms. The van der Waals surface area contributed by atoms with Crippen molar-refractivity contribution >= 4 is 12.6 Å². The minimum atomic E-state index is 0.368. The molecule has 2 heterocycles. The van der Waals surface area contributed by atoms with Gasteiger partial charge < -0.3 is 0 Å². The summed E-state index contributed by atoms with van der Waals surface area (Å²) in [6, 6.07) is 0.368. The van der Waals surface area contributed by atoms with E-state index in [1.807, 2.05) is 12.6 Å². The Morgan fingerprint density at radius 2 is 2.33 bits per heavy atom. The van der Waals surface area contributed by atoms with Gasteiger partial charge in [-0.25, -0.2) is 4.58 Å². The zero-order valence-electron chi connectivity index (χ0n) is 7.44. The largest absolute Gasteiger partial charge is 0.286 e. The van der Waals surface area contributed by atoms with E-state index < -0.39 is 0 Å². The number of aliphatic imine (C=N–C) groups is 1. The second-order valence-electron chi connectivity index (χ2n) is 3.49. The van der Waals surface area contributed by atoms with Crippen LogP contribution in [-0.2, 0) is 0 Å². The minimum Gasteiger partial charge on any atom is -0.224 e. The molecule has 2 aliphatic rings. The lowest BCUT2D eigenvalue weighted by molar-refractivity contribution is -0.460. The van der Waals surface area contributed by atoms with E-state index in [9.17, 15) is 0 Å². The summed E-state index contributed by atoms with van der Waals surface area (Å²) in [6.07, 6.45) is 10.3. The summed E-state index contributed by atoms with van der Waals surface area (Å²) in [5, 5.41) is 0. The van der Waals surface area contributed by atoms with Gasteiger partial charge in [-0.3, -0.25) is 0 Å². The predicted octanol–water partition coefficient (Wildman–Crippen LogP) is 1.59. The first-order chi connectivity index (χ1) is 5.77. The van der Waals surface area contributed by atoms with Crippen molar-refractivity contribution in [2.45, 2.75) is 19.9 Å². The molecule has 0 bridgehead atoms. The van der Waals surface area contributed by atoms with Gasteiger partial charge in [0.25, 0.3) is 6.34 Å². The van der Waals surface area contributed by atoms with Gasteiger partial charge in [0.05, 0.1) is 6.20 Å². The fourth-order valence-corrected chi connectivity index (χ4v) is 1.43. The lowest BCUT2D eigenvalue weighted by Crippen LogP contribution is -2.21. The maximum atomic E-state index is 4.10. The molecule has 0 aliphatic carbocycles. The molecule has 0 spiro atoms. The SMILES string of the molecule is CC(C)C1=CC2C=NC=[N+]2C=C1. The third-order valence-electron chi connectivity index (χ3n) is 2.25. The zero-order valence-corrected chi connectivity index (χ0v) is 7.44. The summed E-state index contributed by atoms with van der Waals surface area (Å²) in [7, 11) is 0. The van der Waals surface area contributed by atoms with Gasteiger partial charge in [0.1, 0.15) is 0 Å². The molecule has 62 valence electrons.